The molecular formula is C22H28N3O3+. The van der Waals surface area contributed by atoms with Crippen LogP contribution in [0.2, 0.25) is 0 Å². The van der Waals surface area contributed by atoms with Gasteiger partial charge in [0.2, 0.25) is 0 Å². The van der Waals surface area contributed by atoms with E-state index in [4.69, 9.17) is 0 Å². The Kier molecular flexibility index (Phi) is 6.11. The maximum absolute atomic E-state index is 12.4. The number of amides is 3. The second-order valence-corrected chi connectivity index (χ2v) is 7.90. The molecule has 3 N–H and O–H groups in total. The van der Waals surface area contributed by atoms with E-state index in [2.05, 4.69) is 29.6 Å². The number of hydrogen-bond acceptors (Lipinski definition) is 3. The molecule has 0 radical (unpaired) electrons. The van der Waals surface area contributed by atoms with Gasteiger partial charge in [0.15, 0.2) is 0 Å². The van der Waals surface area contributed by atoms with E-state index in [1.165, 1.54) is 11.1 Å². The molecule has 6 nitrogen and oxygen atoms in total. The van der Waals surface area contributed by atoms with E-state index in [1.807, 2.05) is 36.4 Å². The predicted molar refractivity (Wildman–Crippen MR) is 106 cm³/mol. The fourth-order valence-electron chi connectivity index (χ4n) is 3.57. The number of aliphatic hydroxyl groups excluding tert-OH is 1. The maximum Gasteiger partial charge on any atom is 0.325 e. The van der Waals surface area contributed by atoms with Gasteiger partial charge in [-0.05, 0) is 13.8 Å². The monoisotopic (exact) mass is 382 g/mol. The molecule has 1 aliphatic rings. The van der Waals surface area contributed by atoms with E-state index in [9.17, 15) is 14.7 Å². The summed E-state index contributed by atoms with van der Waals surface area (Å²) < 4.78 is 0. The van der Waals surface area contributed by atoms with Crippen LogP contribution in [0.4, 0.5) is 4.79 Å². The first-order valence-electron chi connectivity index (χ1n) is 9.59. The highest BCUT2D eigenvalue weighted by Crippen LogP contribution is 2.16. The van der Waals surface area contributed by atoms with Crippen molar-refractivity contribution in [2.75, 3.05) is 13.1 Å². The van der Waals surface area contributed by atoms with Crippen LogP contribution in [-0.2, 0) is 17.9 Å². The molecular weight excluding hydrogens is 354 g/mol. The molecule has 0 aromatic heterocycles. The van der Waals surface area contributed by atoms with Crippen LogP contribution in [0.3, 0.4) is 0 Å². The summed E-state index contributed by atoms with van der Waals surface area (Å²) in [6, 6.07) is 19.8. The summed E-state index contributed by atoms with van der Waals surface area (Å²) in [5.41, 5.74) is 1.44. The molecule has 1 aliphatic heterocycles. The van der Waals surface area contributed by atoms with E-state index < -0.39 is 17.7 Å². The summed E-state index contributed by atoms with van der Waals surface area (Å²) in [7, 11) is 0. The van der Waals surface area contributed by atoms with Gasteiger partial charge in [-0.2, -0.15) is 0 Å². The van der Waals surface area contributed by atoms with E-state index in [-0.39, 0.29) is 12.5 Å². The second-order valence-electron chi connectivity index (χ2n) is 7.90. The number of imide groups is 1. The molecule has 0 saturated carbocycles. The van der Waals surface area contributed by atoms with E-state index in [1.54, 1.807) is 13.8 Å². The van der Waals surface area contributed by atoms with Gasteiger partial charge in [0.1, 0.15) is 31.3 Å². The number of carbonyl (C=O) groups is 2. The summed E-state index contributed by atoms with van der Waals surface area (Å²) in [5.74, 6) is -0.302. The second kappa shape index (κ2) is 8.54. The lowest BCUT2D eigenvalue weighted by molar-refractivity contribution is -0.930. The van der Waals surface area contributed by atoms with E-state index in [0.29, 0.717) is 6.54 Å². The number of carbonyl (C=O) groups excluding carboxylic acids is 2. The Labute approximate surface area is 165 Å². The fraction of sp³-hybridized carbons (Fsp3) is 0.364. The van der Waals surface area contributed by atoms with Gasteiger partial charge in [0.25, 0.3) is 5.91 Å². The Balaban J connectivity index is 1.67. The number of nitrogens with one attached hydrogen (secondary N) is 2. The Morgan fingerprint density at radius 1 is 0.964 bits per heavy atom. The van der Waals surface area contributed by atoms with Crippen LogP contribution < -0.4 is 10.2 Å². The molecule has 1 fully saturated rings. The zero-order valence-electron chi connectivity index (χ0n) is 16.4. The number of quaternary nitrogens is 1. The highest BCUT2D eigenvalue weighted by molar-refractivity contribution is 6.06. The number of β-amino-alcohol motifs (C(OH)–C–C–N with tert-alkyl or cyclic N) is 1. The van der Waals surface area contributed by atoms with Crippen molar-refractivity contribution in [2.45, 2.75) is 38.6 Å². The minimum Gasteiger partial charge on any atom is -0.385 e. The lowest BCUT2D eigenvalue weighted by atomic mass is 10.1. The Bertz CT molecular complexity index is 767. The number of urea groups is 1. The lowest BCUT2D eigenvalue weighted by Crippen LogP contribution is -3.10. The van der Waals surface area contributed by atoms with Crippen LogP contribution in [0.15, 0.2) is 60.7 Å². The molecule has 148 valence electrons. The highest BCUT2D eigenvalue weighted by atomic mass is 16.3. The molecule has 28 heavy (non-hydrogen) atoms. The average molecular weight is 382 g/mol. The topological polar surface area (TPSA) is 74.1 Å². The van der Waals surface area contributed by atoms with Crippen molar-refractivity contribution < 1.29 is 19.6 Å². The lowest BCUT2D eigenvalue weighted by Gasteiger charge is -2.25. The summed E-state index contributed by atoms with van der Waals surface area (Å²) >= 11 is 0. The zero-order chi connectivity index (χ0) is 20.1. The normalized spacial score (nSPS) is 17.1. The van der Waals surface area contributed by atoms with Crippen molar-refractivity contribution in [1.82, 2.24) is 10.2 Å². The van der Waals surface area contributed by atoms with Crippen LogP contribution >= 0.6 is 0 Å². The smallest absolute Gasteiger partial charge is 0.325 e. The minimum absolute atomic E-state index is 0.00117. The molecule has 0 bridgehead atoms. The van der Waals surface area contributed by atoms with Crippen LogP contribution in [0.25, 0.3) is 0 Å². The Morgan fingerprint density at radius 2 is 1.46 bits per heavy atom. The van der Waals surface area contributed by atoms with Gasteiger partial charge in [0, 0.05) is 11.1 Å². The largest absolute Gasteiger partial charge is 0.385 e. The Morgan fingerprint density at radius 3 is 1.89 bits per heavy atom. The third kappa shape index (κ3) is 4.97. The first kappa shape index (κ1) is 20.0. The molecule has 3 amide bonds. The first-order valence-corrected chi connectivity index (χ1v) is 9.59. The third-order valence-electron chi connectivity index (χ3n) is 4.96. The molecule has 1 heterocycles. The first-order chi connectivity index (χ1) is 13.3. The third-order valence-corrected chi connectivity index (χ3v) is 4.96. The number of aliphatic hydroxyl groups is 1. The number of nitrogens with zero attached hydrogens (tertiary/aromatic N) is 1. The van der Waals surface area contributed by atoms with Gasteiger partial charge in [-0.15, -0.1) is 0 Å². The predicted octanol–water partition coefficient (Wildman–Crippen LogP) is 0.963. The maximum atomic E-state index is 12.4. The van der Waals surface area contributed by atoms with Crippen molar-refractivity contribution in [1.29, 1.82) is 0 Å². The van der Waals surface area contributed by atoms with Crippen molar-refractivity contribution in [2.24, 2.45) is 0 Å². The van der Waals surface area contributed by atoms with Gasteiger partial charge in [-0.3, -0.25) is 9.69 Å². The zero-order valence-corrected chi connectivity index (χ0v) is 16.4. The van der Waals surface area contributed by atoms with Crippen LogP contribution in [0.1, 0.15) is 25.0 Å². The summed E-state index contributed by atoms with van der Waals surface area (Å²) in [4.78, 5) is 26.7. The number of rotatable bonds is 8. The van der Waals surface area contributed by atoms with Gasteiger partial charge in [0.05, 0.1) is 6.54 Å². The van der Waals surface area contributed by atoms with E-state index in [0.717, 1.165) is 22.9 Å². The van der Waals surface area contributed by atoms with Crippen molar-refractivity contribution in [3.8, 4) is 0 Å². The van der Waals surface area contributed by atoms with Gasteiger partial charge >= 0.3 is 6.03 Å². The molecule has 3 rings (SSSR count). The summed E-state index contributed by atoms with van der Waals surface area (Å²) in [6.45, 7) is 5.27. The van der Waals surface area contributed by atoms with Gasteiger partial charge in [-0.25, -0.2) is 4.79 Å². The standard InChI is InChI=1S/C22H27N3O3/c1-22(2)20(27)25(21(28)23-22)16-19(26)15-24(13-17-9-5-3-6-10-17)14-18-11-7-4-8-12-18/h3-12,19,26H,13-16H2,1-2H3,(H,23,28)/p+1/t19-/m1/s1. The summed E-state index contributed by atoms with van der Waals surface area (Å²) in [6.07, 6.45) is -0.800. The quantitative estimate of drug-likeness (QED) is 0.596. The van der Waals surface area contributed by atoms with Crippen molar-refractivity contribution in [3.63, 3.8) is 0 Å². The number of benzene rings is 2. The molecule has 1 atom stereocenters. The minimum atomic E-state index is -0.919. The molecule has 1 saturated heterocycles. The SMILES string of the molecule is CC1(C)NC(=O)N(C[C@H](O)C[NH+](Cc2ccccc2)Cc2ccccc2)C1=O. The fourth-order valence-corrected chi connectivity index (χ4v) is 3.57. The molecule has 0 spiro atoms. The molecule has 2 aromatic carbocycles. The van der Waals surface area contributed by atoms with E-state index >= 15 is 0 Å². The average Bonchev–Trinajstić information content (AvgIpc) is 2.85. The Hall–Kier alpha value is -2.70. The molecule has 0 aliphatic carbocycles. The molecule has 6 heteroatoms. The molecule has 2 aromatic rings. The summed E-state index contributed by atoms with van der Waals surface area (Å²) in [5, 5.41) is 13.3. The van der Waals surface area contributed by atoms with Crippen molar-refractivity contribution in [3.05, 3.63) is 71.8 Å². The number of hydrogen-bond donors (Lipinski definition) is 3. The van der Waals surface area contributed by atoms with Crippen LogP contribution in [0.5, 0.6) is 0 Å². The highest BCUT2D eigenvalue weighted by Gasteiger charge is 2.44. The van der Waals surface area contributed by atoms with Gasteiger partial charge < -0.3 is 15.3 Å². The van der Waals surface area contributed by atoms with Crippen LogP contribution in [-0.4, -0.2) is 46.7 Å². The molecule has 0 unspecified atom stereocenters. The van der Waals surface area contributed by atoms with Gasteiger partial charge in [-0.1, -0.05) is 60.7 Å². The van der Waals surface area contributed by atoms with Crippen molar-refractivity contribution >= 4 is 11.9 Å². The van der Waals surface area contributed by atoms with Crippen LogP contribution in [0, 0.1) is 0 Å².